The largest absolute Gasteiger partial charge is 0.494 e. The predicted octanol–water partition coefficient (Wildman–Crippen LogP) is 4.39. The number of thioether (sulfide) groups is 1. The molecule has 8 nitrogen and oxygen atoms in total. The van der Waals surface area contributed by atoms with Crippen LogP contribution in [0, 0.1) is 13.8 Å². The number of nitrogens with zero attached hydrogens (tertiary/aromatic N) is 3. The molecule has 2 N–H and O–H groups in total. The van der Waals surface area contributed by atoms with Crippen molar-refractivity contribution in [2.75, 3.05) is 23.0 Å². The molecule has 1 aromatic heterocycles. The van der Waals surface area contributed by atoms with Crippen molar-refractivity contribution in [1.82, 2.24) is 14.8 Å². The lowest BCUT2D eigenvalue weighted by molar-refractivity contribution is -0.116. The summed E-state index contributed by atoms with van der Waals surface area (Å²) in [5.41, 5.74) is 3.58. The topological polar surface area (TPSA) is 98.1 Å². The lowest BCUT2D eigenvalue weighted by atomic mass is 10.1. The summed E-state index contributed by atoms with van der Waals surface area (Å²) in [5.74, 6) is 1.06. The number of carbonyl (C=O) groups excluding carboxylic acids is 2. The number of amides is 2. The van der Waals surface area contributed by atoms with Gasteiger partial charge in [0.25, 0.3) is 0 Å². The van der Waals surface area contributed by atoms with Crippen molar-refractivity contribution < 1.29 is 14.3 Å². The van der Waals surface area contributed by atoms with Crippen molar-refractivity contribution in [2.45, 2.75) is 38.9 Å². The fourth-order valence-electron chi connectivity index (χ4n) is 3.29. The summed E-state index contributed by atoms with van der Waals surface area (Å²) in [4.78, 5) is 25.0. The molecule has 0 atom stereocenters. The fourth-order valence-corrected chi connectivity index (χ4v) is 4.06. The SMILES string of the molecule is C=CCn1c(CC(=O)Nc2ccc(C)cc2C)nnc1SCC(=O)Nc1ccc(OCC)cc1. The minimum atomic E-state index is -0.186. The smallest absolute Gasteiger partial charge is 0.234 e. The van der Waals surface area contributed by atoms with Gasteiger partial charge < -0.3 is 19.9 Å². The second-order valence-corrected chi connectivity index (χ2v) is 8.58. The van der Waals surface area contributed by atoms with E-state index in [9.17, 15) is 9.59 Å². The molecule has 2 aromatic carbocycles. The molecule has 0 aliphatic rings. The van der Waals surface area contributed by atoms with Gasteiger partial charge in [0.1, 0.15) is 11.6 Å². The molecule has 0 aliphatic carbocycles. The first kappa shape index (κ1) is 25.0. The van der Waals surface area contributed by atoms with Crippen LogP contribution in [0.25, 0.3) is 0 Å². The lowest BCUT2D eigenvalue weighted by Crippen LogP contribution is -2.18. The molecule has 2 amide bonds. The molecule has 0 spiro atoms. The Balaban J connectivity index is 1.59. The van der Waals surface area contributed by atoms with E-state index < -0.39 is 0 Å². The summed E-state index contributed by atoms with van der Waals surface area (Å²) in [5, 5.41) is 14.7. The van der Waals surface area contributed by atoms with Crippen LogP contribution in [0.1, 0.15) is 23.9 Å². The van der Waals surface area contributed by atoms with Gasteiger partial charge in [0.05, 0.1) is 18.8 Å². The molecule has 0 radical (unpaired) electrons. The van der Waals surface area contributed by atoms with E-state index in [4.69, 9.17) is 4.74 Å². The van der Waals surface area contributed by atoms with E-state index in [0.717, 1.165) is 22.6 Å². The van der Waals surface area contributed by atoms with Crippen LogP contribution in [0.15, 0.2) is 60.3 Å². The third kappa shape index (κ3) is 6.95. The molecule has 178 valence electrons. The Labute approximate surface area is 203 Å². The highest BCUT2D eigenvalue weighted by Crippen LogP contribution is 2.21. The maximum Gasteiger partial charge on any atom is 0.234 e. The predicted molar refractivity (Wildman–Crippen MR) is 135 cm³/mol. The summed E-state index contributed by atoms with van der Waals surface area (Å²) < 4.78 is 7.20. The average Bonchev–Trinajstić information content (AvgIpc) is 3.17. The molecule has 0 saturated heterocycles. The molecule has 9 heteroatoms. The number of nitrogens with one attached hydrogen (secondary N) is 2. The highest BCUT2D eigenvalue weighted by atomic mass is 32.2. The zero-order chi connectivity index (χ0) is 24.5. The number of hydrogen-bond acceptors (Lipinski definition) is 6. The van der Waals surface area contributed by atoms with E-state index in [1.54, 1.807) is 22.8 Å². The number of benzene rings is 2. The Bertz CT molecular complexity index is 1160. The quantitative estimate of drug-likeness (QED) is 0.313. The minimum absolute atomic E-state index is 0.0626. The highest BCUT2D eigenvalue weighted by molar-refractivity contribution is 7.99. The zero-order valence-corrected chi connectivity index (χ0v) is 20.4. The Morgan fingerprint density at radius 3 is 2.53 bits per heavy atom. The number of ether oxygens (including phenoxy) is 1. The first-order valence-corrected chi connectivity index (χ1v) is 11.9. The first-order chi connectivity index (χ1) is 16.4. The van der Waals surface area contributed by atoms with E-state index in [0.29, 0.717) is 29.8 Å². The second kappa shape index (κ2) is 12.0. The van der Waals surface area contributed by atoms with Crippen molar-refractivity contribution in [3.8, 4) is 5.75 Å². The van der Waals surface area contributed by atoms with Gasteiger partial charge in [-0.2, -0.15) is 0 Å². The normalized spacial score (nSPS) is 10.6. The van der Waals surface area contributed by atoms with Crippen LogP contribution in [0.3, 0.4) is 0 Å². The molecule has 1 heterocycles. The first-order valence-electron chi connectivity index (χ1n) is 10.9. The molecular weight excluding hydrogens is 450 g/mol. The summed E-state index contributed by atoms with van der Waals surface area (Å²) in [6.07, 6.45) is 1.77. The van der Waals surface area contributed by atoms with Gasteiger partial charge in [-0.05, 0) is 56.7 Å². The van der Waals surface area contributed by atoms with Gasteiger partial charge in [-0.1, -0.05) is 35.5 Å². The number of rotatable bonds is 11. The van der Waals surface area contributed by atoms with Gasteiger partial charge in [-0.3, -0.25) is 9.59 Å². The van der Waals surface area contributed by atoms with Crippen molar-refractivity contribution in [3.05, 3.63) is 72.1 Å². The molecule has 0 fully saturated rings. The zero-order valence-electron chi connectivity index (χ0n) is 19.6. The minimum Gasteiger partial charge on any atom is -0.494 e. The van der Waals surface area contributed by atoms with Crippen molar-refractivity contribution in [3.63, 3.8) is 0 Å². The molecule has 3 rings (SSSR count). The van der Waals surface area contributed by atoms with E-state index >= 15 is 0 Å². The number of carbonyl (C=O) groups is 2. The number of allylic oxidation sites excluding steroid dienone is 1. The van der Waals surface area contributed by atoms with Gasteiger partial charge in [0.15, 0.2) is 5.16 Å². The van der Waals surface area contributed by atoms with Crippen molar-refractivity contribution in [2.24, 2.45) is 0 Å². The number of aromatic nitrogens is 3. The molecule has 3 aromatic rings. The van der Waals surface area contributed by atoms with Crippen LogP contribution in [0.4, 0.5) is 11.4 Å². The van der Waals surface area contributed by atoms with Gasteiger partial charge in [0, 0.05) is 17.9 Å². The van der Waals surface area contributed by atoms with Crippen LogP contribution >= 0.6 is 11.8 Å². The molecule has 0 aliphatic heterocycles. The van der Waals surface area contributed by atoms with Gasteiger partial charge in [-0.25, -0.2) is 0 Å². The summed E-state index contributed by atoms with van der Waals surface area (Å²) in [6, 6.07) is 13.1. The van der Waals surface area contributed by atoms with Crippen LogP contribution < -0.4 is 15.4 Å². The number of aryl methyl sites for hydroxylation is 2. The van der Waals surface area contributed by atoms with E-state index in [-0.39, 0.29) is 24.0 Å². The van der Waals surface area contributed by atoms with Crippen molar-refractivity contribution in [1.29, 1.82) is 0 Å². The Morgan fingerprint density at radius 1 is 1.09 bits per heavy atom. The molecule has 0 saturated carbocycles. The van der Waals surface area contributed by atoms with Crippen LogP contribution in [0.5, 0.6) is 5.75 Å². The molecule has 0 unspecified atom stereocenters. The van der Waals surface area contributed by atoms with E-state index in [2.05, 4.69) is 27.4 Å². The molecule has 34 heavy (non-hydrogen) atoms. The summed E-state index contributed by atoms with van der Waals surface area (Å²) >= 11 is 1.25. The third-order valence-electron chi connectivity index (χ3n) is 4.86. The Morgan fingerprint density at radius 2 is 1.85 bits per heavy atom. The summed E-state index contributed by atoms with van der Waals surface area (Å²) in [7, 11) is 0. The standard InChI is InChI=1S/C25H29N5O3S/c1-5-13-30-22(15-23(31)27-21-12-7-17(3)14-18(21)4)28-29-25(30)34-16-24(32)26-19-8-10-20(11-9-19)33-6-2/h5,7-12,14H,1,6,13,15-16H2,2-4H3,(H,26,32)(H,27,31). The Hall–Kier alpha value is -3.59. The number of hydrogen-bond donors (Lipinski definition) is 2. The van der Waals surface area contributed by atoms with Crippen LogP contribution in [-0.2, 0) is 22.6 Å². The molecule has 0 bridgehead atoms. The monoisotopic (exact) mass is 479 g/mol. The maximum absolute atomic E-state index is 12.6. The molecular formula is C25H29N5O3S. The number of anilines is 2. The fraction of sp³-hybridized carbons (Fsp3) is 0.280. The van der Waals surface area contributed by atoms with Gasteiger partial charge >= 0.3 is 0 Å². The Kier molecular flexibility index (Phi) is 8.86. The van der Waals surface area contributed by atoms with E-state index in [1.165, 1.54) is 11.8 Å². The average molecular weight is 480 g/mol. The van der Waals surface area contributed by atoms with Crippen molar-refractivity contribution >= 4 is 35.0 Å². The second-order valence-electron chi connectivity index (χ2n) is 7.64. The summed E-state index contributed by atoms with van der Waals surface area (Å²) in [6.45, 7) is 10.7. The van der Waals surface area contributed by atoms with E-state index in [1.807, 2.05) is 51.1 Å². The van der Waals surface area contributed by atoms with Gasteiger partial charge in [-0.15, -0.1) is 16.8 Å². The van der Waals surface area contributed by atoms with Crippen LogP contribution in [-0.4, -0.2) is 38.9 Å². The third-order valence-corrected chi connectivity index (χ3v) is 5.83. The van der Waals surface area contributed by atoms with Gasteiger partial charge in [0.2, 0.25) is 11.8 Å². The van der Waals surface area contributed by atoms with Crippen LogP contribution in [0.2, 0.25) is 0 Å². The highest BCUT2D eigenvalue weighted by Gasteiger charge is 2.17. The maximum atomic E-state index is 12.6. The lowest BCUT2D eigenvalue weighted by Gasteiger charge is -2.10.